The normalized spacial score (nSPS) is 25.1. The fraction of sp³-hybridized carbons (Fsp3) is 0.625. The Morgan fingerprint density at radius 1 is 1.24 bits per heavy atom. The number of hydrogen-bond acceptors (Lipinski definition) is 3. The lowest BCUT2D eigenvalue weighted by Crippen LogP contribution is -2.48. The van der Waals surface area contributed by atoms with E-state index in [1.807, 2.05) is 11.8 Å². The Hall–Kier alpha value is -0.650. The van der Waals surface area contributed by atoms with E-state index in [-0.39, 0.29) is 5.60 Å². The molecule has 1 spiro atoms. The Labute approximate surface area is 128 Å². The molecular weight excluding hydrogens is 292 g/mol. The quantitative estimate of drug-likeness (QED) is 0.923. The SMILES string of the molecule is Fc1ccc(CNC2CCOC3(CCSCC3)C2)cc1F. The van der Waals surface area contributed by atoms with Gasteiger partial charge >= 0.3 is 0 Å². The maximum absolute atomic E-state index is 13.2. The van der Waals surface area contributed by atoms with Crippen molar-refractivity contribution in [1.82, 2.24) is 5.32 Å². The number of ether oxygens (including phenoxy) is 1. The molecule has 2 aliphatic rings. The Bertz CT molecular complexity index is 486. The molecule has 0 bridgehead atoms. The Balaban J connectivity index is 1.56. The summed E-state index contributed by atoms with van der Waals surface area (Å²) < 4.78 is 32.2. The second-order valence-corrected chi connectivity index (χ2v) is 7.19. The van der Waals surface area contributed by atoms with Crippen LogP contribution in [0, 0.1) is 11.6 Å². The largest absolute Gasteiger partial charge is 0.375 e. The third kappa shape index (κ3) is 3.76. The van der Waals surface area contributed by atoms with E-state index in [9.17, 15) is 8.78 Å². The smallest absolute Gasteiger partial charge is 0.159 e. The molecule has 1 aromatic rings. The van der Waals surface area contributed by atoms with Gasteiger partial charge in [-0.3, -0.25) is 0 Å². The van der Waals surface area contributed by atoms with E-state index in [1.54, 1.807) is 6.07 Å². The number of halogens is 2. The van der Waals surface area contributed by atoms with Crippen LogP contribution in [0.5, 0.6) is 0 Å². The first kappa shape index (κ1) is 15.3. The van der Waals surface area contributed by atoms with Crippen LogP contribution in [0.15, 0.2) is 18.2 Å². The van der Waals surface area contributed by atoms with Crippen LogP contribution in [0.2, 0.25) is 0 Å². The van der Waals surface area contributed by atoms with Gasteiger partial charge in [-0.25, -0.2) is 8.78 Å². The number of benzene rings is 1. The van der Waals surface area contributed by atoms with Crippen molar-refractivity contribution in [2.45, 2.75) is 43.9 Å². The molecule has 21 heavy (non-hydrogen) atoms. The minimum Gasteiger partial charge on any atom is -0.375 e. The van der Waals surface area contributed by atoms with Crippen LogP contribution in [0.3, 0.4) is 0 Å². The Morgan fingerprint density at radius 3 is 2.81 bits per heavy atom. The van der Waals surface area contributed by atoms with Gasteiger partial charge in [-0.2, -0.15) is 11.8 Å². The summed E-state index contributed by atoms with van der Waals surface area (Å²) in [5, 5.41) is 3.48. The number of nitrogens with one attached hydrogen (secondary N) is 1. The molecule has 0 aliphatic carbocycles. The van der Waals surface area contributed by atoms with E-state index < -0.39 is 11.6 Å². The zero-order chi connectivity index (χ0) is 14.7. The molecular formula is C16H21F2NOS. The zero-order valence-corrected chi connectivity index (χ0v) is 12.9. The van der Waals surface area contributed by atoms with Crippen molar-refractivity contribution in [2.75, 3.05) is 18.1 Å². The lowest BCUT2D eigenvalue weighted by molar-refractivity contribution is -0.0933. The van der Waals surface area contributed by atoms with Gasteiger partial charge in [0.25, 0.3) is 0 Å². The third-order valence-corrected chi connectivity index (χ3v) is 5.46. The first-order valence-electron chi connectivity index (χ1n) is 7.56. The highest BCUT2D eigenvalue weighted by molar-refractivity contribution is 7.99. The van der Waals surface area contributed by atoms with Gasteiger partial charge in [0, 0.05) is 19.2 Å². The summed E-state index contributed by atoms with van der Waals surface area (Å²) in [7, 11) is 0. The fourth-order valence-electron chi connectivity index (χ4n) is 3.21. The predicted molar refractivity (Wildman–Crippen MR) is 81.5 cm³/mol. The highest BCUT2D eigenvalue weighted by atomic mass is 32.2. The predicted octanol–water partition coefficient (Wildman–Crippen LogP) is 3.50. The van der Waals surface area contributed by atoms with Crippen molar-refractivity contribution in [2.24, 2.45) is 0 Å². The monoisotopic (exact) mass is 313 g/mol. The maximum atomic E-state index is 13.2. The summed E-state index contributed by atoms with van der Waals surface area (Å²) >= 11 is 2.00. The molecule has 2 nitrogen and oxygen atoms in total. The summed E-state index contributed by atoms with van der Waals surface area (Å²) in [4.78, 5) is 0. The van der Waals surface area contributed by atoms with Crippen LogP contribution in [-0.4, -0.2) is 29.8 Å². The standard InChI is InChI=1S/C16H21F2NOS/c17-14-2-1-12(9-15(14)18)11-19-13-3-6-20-16(10-13)4-7-21-8-5-16/h1-2,9,13,19H,3-8,10-11H2. The minimum atomic E-state index is -0.788. The molecule has 0 aromatic heterocycles. The molecule has 1 atom stereocenters. The fourth-order valence-corrected chi connectivity index (χ4v) is 4.44. The molecule has 5 heteroatoms. The summed E-state index contributed by atoms with van der Waals surface area (Å²) in [5.41, 5.74) is 0.837. The number of hydrogen-bond donors (Lipinski definition) is 1. The lowest BCUT2D eigenvalue weighted by atomic mass is 9.85. The highest BCUT2D eigenvalue weighted by Gasteiger charge is 2.38. The van der Waals surface area contributed by atoms with Crippen molar-refractivity contribution < 1.29 is 13.5 Å². The maximum Gasteiger partial charge on any atom is 0.159 e. The van der Waals surface area contributed by atoms with E-state index in [0.29, 0.717) is 12.6 Å². The highest BCUT2D eigenvalue weighted by Crippen LogP contribution is 2.37. The lowest BCUT2D eigenvalue weighted by Gasteiger charge is -2.43. The molecule has 1 N–H and O–H groups in total. The molecule has 0 amide bonds. The zero-order valence-electron chi connectivity index (χ0n) is 12.0. The molecule has 3 rings (SSSR count). The molecule has 2 aliphatic heterocycles. The number of thioether (sulfide) groups is 1. The average molecular weight is 313 g/mol. The summed E-state index contributed by atoms with van der Waals surface area (Å²) in [6, 6.07) is 4.50. The van der Waals surface area contributed by atoms with Crippen LogP contribution >= 0.6 is 11.8 Å². The molecule has 2 fully saturated rings. The second kappa shape index (κ2) is 6.63. The summed E-state index contributed by atoms with van der Waals surface area (Å²) in [6.07, 6.45) is 4.26. The summed E-state index contributed by atoms with van der Waals surface area (Å²) in [5.74, 6) is 0.789. The van der Waals surface area contributed by atoms with Crippen LogP contribution in [0.4, 0.5) is 8.78 Å². The molecule has 1 aromatic carbocycles. The van der Waals surface area contributed by atoms with Gasteiger partial charge in [0.05, 0.1) is 5.60 Å². The van der Waals surface area contributed by atoms with Gasteiger partial charge in [0.15, 0.2) is 11.6 Å². The van der Waals surface area contributed by atoms with E-state index in [2.05, 4.69) is 5.32 Å². The third-order valence-electron chi connectivity index (χ3n) is 4.48. The van der Waals surface area contributed by atoms with Crippen LogP contribution in [0.25, 0.3) is 0 Å². The van der Waals surface area contributed by atoms with E-state index in [1.165, 1.54) is 23.6 Å². The molecule has 0 radical (unpaired) electrons. The Kier molecular flexibility index (Phi) is 4.82. The first-order chi connectivity index (χ1) is 10.2. The van der Waals surface area contributed by atoms with Crippen molar-refractivity contribution in [1.29, 1.82) is 0 Å². The van der Waals surface area contributed by atoms with E-state index in [0.717, 1.165) is 37.9 Å². The van der Waals surface area contributed by atoms with Crippen LogP contribution < -0.4 is 5.32 Å². The Morgan fingerprint density at radius 2 is 2.05 bits per heavy atom. The van der Waals surface area contributed by atoms with Gasteiger partial charge in [-0.05, 0) is 54.9 Å². The van der Waals surface area contributed by atoms with Gasteiger partial charge in [0.1, 0.15) is 0 Å². The van der Waals surface area contributed by atoms with Crippen molar-refractivity contribution in [3.8, 4) is 0 Å². The molecule has 1 unspecified atom stereocenters. The van der Waals surface area contributed by atoms with E-state index >= 15 is 0 Å². The van der Waals surface area contributed by atoms with Gasteiger partial charge < -0.3 is 10.1 Å². The topological polar surface area (TPSA) is 21.3 Å². The first-order valence-corrected chi connectivity index (χ1v) is 8.71. The van der Waals surface area contributed by atoms with E-state index in [4.69, 9.17) is 4.74 Å². The molecule has 0 saturated carbocycles. The molecule has 116 valence electrons. The summed E-state index contributed by atoms with van der Waals surface area (Å²) in [6.45, 7) is 1.37. The molecule has 2 heterocycles. The van der Waals surface area contributed by atoms with Crippen LogP contribution in [0.1, 0.15) is 31.2 Å². The molecule has 2 saturated heterocycles. The van der Waals surface area contributed by atoms with Crippen molar-refractivity contribution in [3.63, 3.8) is 0 Å². The average Bonchev–Trinajstić information content (AvgIpc) is 2.49. The second-order valence-electron chi connectivity index (χ2n) is 5.96. The van der Waals surface area contributed by atoms with Gasteiger partial charge in [0.2, 0.25) is 0 Å². The van der Waals surface area contributed by atoms with Gasteiger partial charge in [-0.1, -0.05) is 6.07 Å². The van der Waals surface area contributed by atoms with Crippen molar-refractivity contribution in [3.05, 3.63) is 35.4 Å². The minimum absolute atomic E-state index is 0.0508. The van der Waals surface area contributed by atoms with Crippen LogP contribution in [-0.2, 0) is 11.3 Å². The van der Waals surface area contributed by atoms with Gasteiger partial charge in [-0.15, -0.1) is 0 Å². The number of rotatable bonds is 3. The van der Waals surface area contributed by atoms with Crippen molar-refractivity contribution >= 4 is 11.8 Å².